The molecule has 0 aromatic carbocycles. The zero-order valence-electron chi connectivity index (χ0n) is 6.88. The van der Waals surface area contributed by atoms with Gasteiger partial charge in [-0.1, -0.05) is 6.08 Å². The van der Waals surface area contributed by atoms with Gasteiger partial charge >= 0.3 is 0 Å². The van der Waals surface area contributed by atoms with Crippen molar-refractivity contribution < 1.29 is 0 Å². The van der Waals surface area contributed by atoms with Crippen LogP contribution in [0.2, 0.25) is 0 Å². The highest BCUT2D eigenvalue weighted by Crippen LogP contribution is 2.21. The number of rotatable bonds is 2. The van der Waals surface area contributed by atoms with E-state index < -0.39 is 0 Å². The Kier molecular flexibility index (Phi) is 2.02. The first-order valence-electron chi connectivity index (χ1n) is 3.78. The van der Waals surface area contributed by atoms with Gasteiger partial charge in [0.05, 0.1) is 6.33 Å². The molecule has 0 bridgehead atoms. The van der Waals surface area contributed by atoms with Crippen LogP contribution < -0.4 is 0 Å². The Morgan fingerprint density at radius 1 is 1.46 bits per heavy atom. The molecule has 0 unspecified atom stereocenters. The van der Waals surface area contributed by atoms with Crippen LogP contribution in [-0.4, -0.2) is 19.5 Å². The average molecular weight is 192 g/mol. The summed E-state index contributed by atoms with van der Waals surface area (Å²) in [6, 6.07) is 0. The van der Waals surface area contributed by atoms with Crippen molar-refractivity contribution >= 4 is 12.6 Å². The summed E-state index contributed by atoms with van der Waals surface area (Å²) in [6.07, 6.45) is 4.94. The molecule has 0 aliphatic carbocycles. The third-order valence-corrected chi connectivity index (χ3v) is 2.18. The van der Waals surface area contributed by atoms with Crippen molar-refractivity contribution in [3.05, 3.63) is 25.3 Å². The van der Waals surface area contributed by atoms with Crippen LogP contribution in [0, 0.1) is 0 Å². The van der Waals surface area contributed by atoms with Crippen LogP contribution in [0.4, 0.5) is 0 Å². The molecule has 5 heteroatoms. The van der Waals surface area contributed by atoms with Gasteiger partial charge in [0.2, 0.25) is 0 Å². The third-order valence-electron chi connectivity index (χ3n) is 1.71. The molecule has 2 rings (SSSR count). The minimum absolute atomic E-state index is 0.630. The minimum atomic E-state index is 0.630. The highest BCUT2D eigenvalue weighted by Gasteiger charge is 2.12. The molecule has 4 nitrogen and oxygen atoms in total. The summed E-state index contributed by atoms with van der Waals surface area (Å²) in [7, 11) is 0. The summed E-state index contributed by atoms with van der Waals surface area (Å²) >= 11 is 4.34. The van der Waals surface area contributed by atoms with E-state index in [9.17, 15) is 0 Å². The van der Waals surface area contributed by atoms with E-state index in [2.05, 4.69) is 34.2 Å². The van der Waals surface area contributed by atoms with Crippen LogP contribution in [0.3, 0.4) is 0 Å². The SMILES string of the molecule is C=CCn1cnc2ncnc-2c1S. The van der Waals surface area contributed by atoms with E-state index in [0.717, 1.165) is 10.7 Å². The lowest BCUT2D eigenvalue weighted by molar-refractivity contribution is 0.707. The van der Waals surface area contributed by atoms with Crippen LogP contribution in [0.5, 0.6) is 0 Å². The molecular weight excluding hydrogens is 184 g/mol. The smallest absolute Gasteiger partial charge is 0.183 e. The van der Waals surface area contributed by atoms with Crippen LogP contribution >= 0.6 is 12.6 Å². The summed E-state index contributed by atoms with van der Waals surface area (Å²) in [5.74, 6) is 0.630. The molecule has 0 spiro atoms. The monoisotopic (exact) mass is 192 g/mol. The molecule has 0 saturated carbocycles. The maximum atomic E-state index is 4.34. The lowest BCUT2D eigenvalue weighted by atomic mass is 10.4. The van der Waals surface area contributed by atoms with Crippen molar-refractivity contribution in [3.8, 4) is 11.5 Å². The second-order valence-corrected chi connectivity index (χ2v) is 2.98. The second-order valence-electron chi connectivity index (χ2n) is 2.56. The first kappa shape index (κ1) is 8.25. The predicted octanol–water partition coefficient (Wildman–Crippen LogP) is 1.25. The highest BCUT2D eigenvalue weighted by atomic mass is 32.1. The fourth-order valence-electron chi connectivity index (χ4n) is 1.10. The Labute approximate surface area is 81.1 Å². The summed E-state index contributed by atoms with van der Waals surface area (Å²) in [5.41, 5.74) is 0.729. The zero-order valence-corrected chi connectivity index (χ0v) is 7.78. The lowest BCUT2D eigenvalue weighted by Gasteiger charge is -2.08. The molecule has 2 aliphatic heterocycles. The molecule has 0 amide bonds. The second kappa shape index (κ2) is 3.18. The number of allylic oxidation sites excluding steroid dienone is 1. The van der Waals surface area contributed by atoms with E-state index in [4.69, 9.17) is 0 Å². The van der Waals surface area contributed by atoms with Gasteiger partial charge in [-0.2, -0.15) is 0 Å². The van der Waals surface area contributed by atoms with Crippen molar-refractivity contribution in [1.82, 2.24) is 19.5 Å². The normalized spacial score (nSPS) is 10.5. The molecule has 0 saturated heterocycles. The summed E-state index contributed by atoms with van der Waals surface area (Å²) < 4.78 is 1.85. The number of imidazole rings is 1. The van der Waals surface area contributed by atoms with E-state index >= 15 is 0 Å². The van der Waals surface area contributed by atoms with Crippen LogP contribution in [0.25, 0.3) is 11.5 Å². The Morgan fingerprint density at radius 3 is 3.08 bits per heavy atom. The lowest BCUT2D eigenvalue weighted by Crippen LogP contribution is -2.03. The molecule has 66 valence electrons. The third kappa shape index (κ3) is 1.31. The van der Waals surface area contributed by atoms with E-state index in [0.29, 0.717) is 12.4 Å². The number of aromatic nitrogens is 4. The quantitative estimate of drug-likeness (QED) is 0.442. The Bertz CT molecular complexity index is 409. The number of fused-ring (bicyclic) bond motifs is 1. The van der Waals surface area contributed by atoms with E-state index in [1.54, 1.807) is 12.4 Å². The van der Waals surface area contributed by atoms with Crippen LogP contribution in [-0.2, 0) is 6.54 Å². The molecule has 2 aliphatic rings. The summed E-state index contributed by atoms with van der Waals surface area (Å²) in [6.45, 7) is 4.32. The predicted molar refractivity (Wildman–Crippen MR) is 51.9 cm³/mol. The Hall–Kier alpha value is -1.36. The number of hydrogen-bond donors (Lipinski definition) is 1. The summed E-state index contributed by atoms with van der Waals surface area (Å²) in [4.78, 5) is 12.1. The van der Waals surface area contributed by atoms with Crippen molar-refractivity contribution in [1.29, 1.82) is 0 Å². The molecule has 13 heavy (non-hydrogen) atoms. The van der Waals surface area contributed by atoms with Gasteiger partial charge in [0.1, 0.15) is 17.0 Å². The van der Waals surface area contributed by atoms with Gasteiger partial charge in [-0.25, -0.2) is 15.0 Å². The van der Waals surface area contributed by atoms with Gasteiger partial charge in [0, 0.05) is 6.54 Å². The maximum Gasteiger partial charge on any atom is 0.183 e. The number of hydrogen-bond acceptors (Lipinski definition) is 4. The number of nitrogens with zero attached hydrogens (tertiary/aromatic N) is 4. The van der Waals surface area contributed by atoms with Crippen molar-refractivity contribution in [3.63, 3.8) is 0 Å². The van der Waals surface area contributed by atoms with E-state index in [-0.39, 0.29) is 0 Å². The first-order valence-corrected chi connectivity index (χ1v) is 4.23. The summed E-state index contributed by atoms with van der Waals surface area (Å²) in [5, 5.41) is 0.766. The number of thiol groups is 1. The van der Waals surface area contributed by atoms with Gasteiger partial charge in [0.25, 0.3) is 0 Å². The van der Waals surface area contributed by atoms with Crippen LogP contribution in [0.15, 0.2) is 30.3 Å². The molecule has 0 aromatic rings. The molecule has 0 radical (unpaired) electrons. The van der Waals surface area contributed by atoms with Gasteiger partial charge in [0.15, 0.2) is 5.82 Å². The standard InChI is InChI=1S/C8H8N4S/c1-2-3-12-5-11-7-6(8(12)13)9-4-10-7/h2,4-5,13H,1,3H2. The van der Waals surface area contributed by atoms with Crippen molar-refractivity contribution in [2.24, 2.45) is 0 Å². The highest BCUT2D eigenvalue weighted by molar-refractivity contribution is 7.80. The zero-order chi connectivity index (χ0) is 9.26. The minimum Gasteiger partial charge on any atom is -0.321 e. The molecular formula is C8H8N4S. The fourth-order valence-corrected chi connectivity index (χ4v) is 1.39. The largest absolute Gasteiger partial charge is 0.321 e. The molecule has 0 aromatic heterocycles. The molecule has 0 atom stereocenters. The Morgan fingerprint density at radius 2 is 2.31 bits per heavy atom. The van der Waals surface area contributed by atoms with Gasteiger partial charge in [-0.15, -0.1) is 19.2 Å². The average Bonchev–Trinajstić information content (AvgIpc) is 2.58. The topological polar surface area (TPSA) is 43.6 Å². The van der Waals surface area contributed by atoms with Gasteiger partial charge in [-0.05, 0) is 0 Å². The van der Waals surface area contributed by atoms with Gasteiger partial charge in [-0.3, -0.25) is 0 Å². The van der Waals surface area contributed by atoms with Crippen LogP contribution in [0.1, 0.15) is 0 Å². The fraction of sp³-hybridized carbons (Fsp3) is 0.125. The van der Waals surface area contributed by atoms with Crippen molar-refractivity contribution in [2.75, 3.05) is 0 Å². The van der Waals surface area contributed by atoms with Crippen molar-refractivity contribution in [2.45, 2.75) is 11.6 Å². The van der Waals surface area contributed by atoms with E-state index in [1.165, 1.54) is 6.33 Å². The molecule has 0 fully saturated rings. The Balaban J connectivity index is 2.59. The van der Waals surface area contributed by atoms with E-state index in [1.807, 2.05) is 4.57 Å². The molecule has 0 N–H and O–H groups in total. The maximum absolute atomic E-state index is 4.34. The first-order chi connectivity index (χ1) is 6.33. The van der Waals surface area contributed by atoms with Gasteiger partial charge < -0.3 is 4.57 Å². The molecule has 2 heterocycles.